The molecule has 190 valence electrons. The number of hydrogen-bond donors (Lipinski definition) is 3. The minimum atomic E-state index is -0.931. The molecule has 4 rings (SSSR count). The van der Waals surface area contributed by atoms with Crippen LogP contribution in [0.25, 0.3) is 11.2 Å². The number of aliphatic hydroxyl groups is 1. The van der Waals surface area contributed by atoms with Gasteiger partial charge in [-0.25, -0.2) is 4.79 Å². The van der Waals surface area contributed by atoms with Gasteiger partial charge in [-0.2, -0.15) is 4.98 Å². The number of H-pyrrole nitrogens is 1. The maximum absolute atomic E-state index is 12.6. The SMILES string of the molecule is COc1ccc(OC[C@H](O)Cn2c(NCCCN3CCOCC3)nc3c2c(=O)[nH]c(=O)n3C)cc1. The number of ether oxygens (including phenoxy) is 3. The van der Waals surface area contributed by atoms with Gasteiger partial charge >= 0.3 is 5.69 Å². The van der Waals surface area contributed by atoms with Crippen LogP contribution < -0.4 is 26.0 Å². The topological polar surface area (TPSA) is 136 Å². The molecule has 3 aromatic rings. The van der Waals surface area contributed by atoms with Crippen molar-refractivity contribution in [1.29, 1.82) is 0 Å². The van der Waals surface area contributed by atoms with Gasteiger partial charge in [0.2, 0.25) is 5.95 Å². The third kappa shape index (κ3) is 6.02. The molecule has 0 amide bonds. The standard InChI is InChI=1S/C23H32N6O6/c1-27-20-19(21(31)26-23(27)32)29(14-16(30)15-35-18-6-4-17(33-2)5-7-18)22(25-20)24-8-3-9-28-10-12-34-13-11-28/h4-7,16,30H,3,8-15H2,1-2H3,(H,24,25)(H,26,31,32)/t16-/m1/s1. The van der Waals surface area contributed by atoms with Gasteiger partial charge in [-0.3, -0.25) is 19.2 Å². The van der Waals surface area contributed by atoms with Crippen molar-refractivity contribution in [1.82, 2.24) is 24.0 Å². The third-order valence-corrected chi connectivity index (χ3v) is 5.94. The number of benzene rings is 1. The van der Waals surface area contributed by atoms with Crippen LogP contribution in [-0.2, 0) is 18.3 Å². The lowest BCUT2D eigenvalue weighted by molar-refractivity contribution is 0.0378. The normalized spacial score (nSPS) is 15.3. The zero-order valence-electron chi connectivity index (χ0n) is 20.0. The van der Waals surface area contributed by atoms with Crippen molar-refractivity contribution in [2.75, 3.05) is 58.4 Å². The molecule has 12 heteroatoms. The highest BCUT2D eigenvalue weighted by Gasteiger charge is 2.20. The number of nitrogens with one attached hydrogen (secondary N) is 2. The van der Waals surface area contributed by atoms with E-state index in [1.807, 2.05) is 0 Å². The highest BCUT2D eigenvalue weighted by atomic mass is 16.5. The Hall–Kier alpha value is -3.35. The maximum Gasteiger partial charge on any atom is 0.329 e. The summed E-state index contributed by atoms with van der Waals surface area (Å²) in [6, 6.07) is 7.04. The van der Waals surface area contributed by atoms with E-state index in [0.29, 0.717) is 24.0 Å². The molecule has 0 saturated carbocycles. The number of aromatic nitrogens is 4. The molecule has 1 atom stereocenters. The lowest BCUT2D eigenvalue weighted by Gasteiger charge is -2.26. The predicted molar refractivity (Wildman–Crippen MR) is 130 cm³/mol. The van der Waals surface area contributed by atoms with Crippen molar-refractivity contribution in [2.45, 2.75) is 19.1 Å². The average molecular weight is 489 g/mol. The van der Waals surface area contributed by atoms with Gasteiger partial charge in [-0.1, -0.05) is 0 Å². The minimum absolute atomic E-state index is 0.00609. The highest BCUT2D eigenvalue weighted by Crippen LogP contribution is 2.19. The van der Waals surface area contributed by atoms with Crippen LogP contribution in [0.5, 0.6) is 11.5 Å². The second-order valence-electron chi connectivity index (χ2n) is 8.41. The van der Waals surface area contributed by atoms with E-state index in [2.05, 4.69) is 20.2 Å². The van der Waals surface area contributed by atoms with Crippen LogP contribution in [-0.4, -0.2) is 88.3 Å². The molecule has 0 bridgehead atoms. The molecule has 1 aliphatic heterocycles. The van der Waals surface area contributed by atoms with Crippen molar-refractivity contribution >= 4 is 17.1 Å². The van der Waals surface area contributed by atoms with Gasteiger partial charge in [-0.15, -0.1) is 0 Å². The molecule has 0 aliphatic carbocycles. The van der Waals surface area contributed by atoms with E-state index in [9.17, 15) is 14.7 Å². The molecule has 3 N–H and O–H groups in total. The second kappa shape index (κ2) is 11.4. The number of aliphatic hydroxyl groups excluding tert-OH is 1. The van der Waals surface area contributed by atoms with Crippen LogP contribution >= 0.6 is 0 Å². The molecular weight excluding hydrogens is 456 g/mol. The number of fused-ring (bicyclic) bond motifs is 1. The van der Waals surface area contributed by atoms with Crippen molar-refractivity contribution < 1.29 is 19.3 Å². The molecule has 1 fully saturated rings. The van der Waals surface area contributed by atoms with Crippen LogP contribution in [0.15, 0.2) is 33.9 Å². The first-order valence-electron chi connectivity index (χ1n) is 11.6. The Kier molecular flexibility index (Phi) is 8.06. The van der Waals surface area contributed by atoms with Crippen molar-refractivity contribution in [3.63, 3.8) is 0 Å². The fraction of sp³-hybridized carbons (Fsp3) is 0.522. The summed E-state index contributed by atoms with van der Waals surface area (Å²) in [6.07, 6.45) is -0.0678. The molecule has 2 aromatic heterocycles. The highest BCUT2D eigenvalue weighted by molar-refractivity contribution is 5.74. The predicted octanol–water partition coefficient (Wildman–Crippen LogP) is 0.00600. The number of hydrogen-bond acceptors (Lipinski definition) is 9. The van der Waals surface area contributed by atoms with E-state index in [4.69, 9.17) is 14.2 Å². The summed E-state index contributed by atoms with van der Waals surface area (Å²) in [5.74, 6) is 1.70. The van der Waals surface area contributed by atoms with E-state index in [1.54, 1.807) is 43.0 Å². The smallest absolute Gasteiger partial charge is 0.329 e. The van der Waals surface area contributed by atoms with Crippen molar-refractivity contribution in [3.05, 3.63) is 45.1 Å². The first-order valence-corrected chi connectivity index (χ1v) is 11.6. The molecule has 1 aliphatic rings. The summed E-state index contributed by atoms with van der Waals surface area (Å²) in [5.41, 5.74) is -0.640. The Morgan fingerprint density at radius 2 is 1.91 bits per heavy atom. The minimum Gasteiger partial charge on any atom is -0.497 e. The number of aryl methyl sites for hydroxylation is 1. The van der Waals surface area contributed by atoms with Crippen molar-refractivity contribution in [2.24, 2.45) is 7.05 Å². The second-order valence-corrected chi connectivity index (χ2v) is 8.41. The van der Waals surface area contributed by atoms with Crippen LogP contribution in [0.1, 0.15) is 6.42 Å². The Balaban J connectivity index is 1.47. The first-order chi connectivity index (χ1) is 17.0. The van der Waals surface area contributed by atoms with Gasteiger partial charge in [0.25, 0.3) is 5.56 Å². The number of morpholine rings is 1. The van der Waals surface area contributed by atoms with Gasteiger partial charge in [0.05, 0.1) is 26.9 Å². The summed E-state index contributed by atoms with van der Waals surface area (Å²) in [4.78, 5) is 33.9. The third-order valence-electron chi connectivity index (χ3n) is 5.94. The van der Waals surface area contributed by atoms with Crippen LogP contribution in [0.4, 0.5) is 5.95 Å². The summed E-state index contributed by atoms with van der Waals surface area (Å²) >= 11 is 0. The fourth-order valence-electron chi connectivity index (χ4n) is 4.00. The van der Waals surface area contributed by atoms with E-state index in [1.165, 1.54) is 4.57 Å². The average Bonchev–Trinajstić information content (AvgIpc) is 3.23. The van der Waals surface area contributed by atoms with Crippen LogP contribution in [0.3, 0.4) is 0 Å². The summed E-state index contributed by atoms with van der Waals surface area (Å²) in [6.45, 7) is 4.91. The monoisotopic (exact) mass is 488 g/mol. The number of nitrogens with zero attached hydrogens (tertiary/aromatic N) is 4. The summed E-state index contributed by atoms with van der Waals surface area (Å²) in [5, 5.41) is 14.0. The molecule has 0 spiro atoms. The molecular formula is C23H32N6O6. The van der Waals surface area contributed by atoms with E-state index in [0.717, 1.165) is 39.3 Å². The van der Waals surface area contributed by atoms with Gasteiger partial charge in [-0.05, 0) is 37.2 Å². The lowest BCUT2D eigenvalue weighted by atomic mass is 10.3. The lowest BCUT2D eigenvalue weighted by Crippen LogP contribution is -2.37. The molecule has 12 nitrogen and oxygen atoms in total. The zero-order valence-corrected chi connectivity index (χ0v) is 20.0. The van der Waals surface area contributed by atoms with E-state index in [-0.39, 0.29) is 24.3 Å². The molecule has 1 aromatic carbocycles. The first kappa shape index (κ1) is 24.8. The van der Waals surface area contributed by atoms with E-state index >= 15 is 0 Å². The molecule has 0 radical (unpaired) electrons. The number of imidazole rings is 1. The molecule has 3 heterocycles. The molecule has 1 saturated heterocycles. The Labute approximate surface area is 202 Å². The fourth-order valence-corrected chi connectivity index (χ4v) is 4.00. The number of rotatable bonds is 11. The Morgan fingerprint density at radius 1 is 1.20 bits per heavy atom. The number of aromatic amines is 1. The van der Waals surface area contributed by atoms with Gasteiger partial charge in [0, 0.05) is 26.7 Å². The Morgan fingerprint density at radius 3 is 2.63 bits per heavy atom. The van der Waals surface area contributed by atoms with E-state index < -0.39 is 17.4 Å². The largest absolute Gasteiger partial charge is 0.497 e. The zero-order chi connectivity index (χ0) is 24.8. The molecule has 0 unspecified atom stereocenters. The number of methoxy groups -OCH3 is 1. The quantitative estimate of drug-likeness (QED) is 0.319. The van der Waals surface area contributed by atoms with Crippen molar-refractivity contribution in [3.8, 4) is 11.5 Å². The van der Waals surface area contributed by atoms with Crippen LogP contribution in [0, 0.1) is 0 Å². The van der Waals surface area contributed by atoms with Gasteiger partial charge in [0.1, 0.15) is 24.2 Å². The number of anilines is 1. The van der Waals surface area contributed by atoms with Gasteiger partial charge in [0.15, 0.2) is 11.2 Å². The maximum atomic E-state index is 12.6. The van der Waals surface area contributed by atoms with Gasteiger partial charge < -0.3 is 29.2 Å². The summed E-state index contributed by atoms with van der Waals surface area (Å²) in [7, 11) is 3.13. The molecule has 35 heavy (non-hydrogen) atoms. The Bertz CT molecular complexity index is 1230. The van der Waals surface area contributed by atoms with Crippen LogP contribution in [0.2, 0.25) is 0 Å². The summed E-state index contributed by atoms with van der Waals surface area (Å²) < 4.78 is 19.1.